The van der Waals surface area contributed by atoms with Crippen molar-refractivity contribution in [3.8, 4) is 5.88 Å². The summed E-state index contributed by atoms with van der Waals surface area (Å²) in [5.41, 5.74) is 2.07. The van der Waals surface area contributed by atoms with E-state index in [0.717, 1.165) is 43.2 Å². The third-order valence-corrected chi connectivity index (χ3v) is 5.75. The van der Waals surface area contributed by atoms with Crippen molar-refractivity contribution in [2.24, 2.45) is 0 Å². The van der Waals surface area contributed by atoms with Crippen molar-refractivity contribution in [1.29, 1.82) is 0 Å². The number of nitrogens with zero attached hydrogens (tertiary/aromatic N) is 1. The summed E-state index contributed by atoms with van der Waals surface area (Å²) in [4.78, 5) is 17.8. The van der Waals surface area contributed by atoms with Crippen molar-refractivity contribution >= 4 is 23.2 Å². The van der Waals surface area contributed by atoms with Crippen LogP contribution < -0.4 is 10.1 Å². The Morgan fingerprint density at radius 3 is 2.55 bits per heavy atom. The number of carbonyl (C=O) groups excluding carboxylic acids is 1. The molecule has 3 rings (SSSR count). The molecule has 0 unspecified atom stereocenters. The number of nitrogens with one attached hydrogen (secondary N) is 1. The number of carbonyl (C=O) groups is 1. The molecule has 1 aliphatic carbocycles. The molecule has 1 fully saturated rings. The van der Waals surface area contributed by atoms with Crippen LogP contribution in [-0.2, 0) is 14.9 Å². The van der Waals surface area contributed by atoms with E-state index in [1.807, 2.05) is 44.2 Å². The van der Waals surface area contributed by atoms with Crippen molar-refractivity contribution in [3.05, 3.63) is 52.7 Å². The summed E-state index contributed by atoms with van der Waals surface area (Å²) in [7, 11) is 0. The van der Waals surface area contributed by atoms with E-state index in [9.17, 15) is 4.79 Å². The topological polar surface area (TPSA) is 60.5 Å². The second-order valence-electron chi connectivity index (χ2n) is 7.50. The molecule has 0 bridgehead atoms. The monoisotopic (exact) mass is 416 g/mol. The van der Waals surface area contributed by atoms with E-state index in [0.29, 0.717) is 36.4 Å². The number of aryl methyl sites for hydroxylation is 1. The molecule has 1 aliphatic rings. The van der Waals surface area contributed by atoms with Gasteiger partial charge in [0.1, 0.15) is 6.61 Å². The molecule has 1 aromatic carbocycles. The van der Waals surface area contributed by atoms with Crippen LogP contribution in [0.2, 0.25) is 5.02 Å². The number of benzene rings is 1. The van der Waals surface area contributed by atoms with E-state index >= 15 is 0 Å². The summed E-state index contributed by atoms with van der Waals surface area (Å²) in [6.45, 7) is 5.52. The Kier molecular flexibility index (Phi) is 7.51. The molecule has 0 radical (unpaired) electrons. The largest absolute Gasteiger partial charge is 0.475 e. The number of amides is 1. The molecule has 0 aliphatic heterocycles. The first-order valence-corrected chi connectivity index (χ1v) is 10.7. The summed E-state index contributed by atoms with van der Waals surface area (Å²) in [6, 6.07) is 9.58. The number of hydrogen-bond acceptors (Lipinski definition) is 4. The molecule has 1 amide bonds. The van der Waals surface area contributed by atoms with Gasteiger partial charge in [-0.25, -0.2) is 4.98 Å². The van der Waals surface area contributed by atoms with Crippen LogP contribution in [0.1, 0.15) is 50.2 Å². The summed E-state index contributed by atoms with van der Waals surface area (Å²) in [5.74, 6) is 0.582. The fourth-order valence-electron chi connectivity index (χ4n) is 3.95. The Hall–Kier alpha value is -2.11. The average Bonchev–Trinajstić information content (AvgIpc) is 2.73. The van der Waals surface area contributed by atoms with Crippen molar-refractivity contribution in [1.82, 2.24) is 4.98 Å². The number of ether oxygens (including phenoxy) is 2. The van der Waals surface area contributed by atoms with Crippen molar-refractivity contribution in [3.63, 3.8) is 0 Å². The molecule has 0 atom stereocenters. The molecule has 2 aromatic rings. The van der Waals surface area contributed by atoms with E-state index in [-0.39, 0.29) is 5.91 Å². The lowest BCUT2D eigenvalue weighted by atomic mass is 9.68. The Balaban J connectivity index is 1.74. The predicted octanol–water partition coefficient (Wildman–Crippen LogP) is 5.30. The van der Waals surface area contributed by atoms with Crippen LogP contribution in [0, 0.1) is 6.92 Å². The number of rotatable bonds is 8. The van der Waals surface area contributed by atoms with Crippen LogP contribution in [0.15, 0.2) is 36.5 Å². The third kappa shape index (κ3) is 5.28. The molecule has 29 heavy (non-hydrogen) atoms. The molecule has 1 heterocycles. The Bertz CT molecular complexity index is 817. The molecule has 1 N–H and O–H groups in total. The molecule has 0 spiro atoms. The van der Waals surface area contributed by atoms with Gasteiger partial charge in [0.25, 0.3) is 0 Å². The molecule has 0 saturated heterocycles. The maximum Gasteiger partial charge on any atom is 0.235 e. The smallest absolute Gasteiger partial charge is 0.235 e. The molecule has 1 saturated carbocycles. The second-order valence-corrected chi connectivity index (χ2v) is 7.93. The van der Waals surface area contributed by atoms with Crippen molar-refractivity contribution < 1.29 is 14.3 Å². The van der Waals surface area contributed by atoms with Gasteiger partial charge in [0.2, 0.25) is 11.8 Å². The number of halogens is 1. The van der Waals surface area contributed by atoms with Gasteiger partial charge in [-0.15, -0.1) is 0 Å². The zero-order valence-corrected chi connectivity index (χ0v) is 17.9. The first-order valence-electron chi connectivity index (χ1n) is 10.3. The van der Waals surface area contributed by atoms with Crippen LogP contribution in [0.3, 0.4) is 0 Å². The maximum absolute atomic E-state index is 13.4. The normalized spacial score (nSPS) is 15.7. The lowest BCUT2D eigenvalue weighted by molar-refractivity contribution is -0.122. The van der Waals surface area contributed by atoms with Crippen LogP contribution >= 0.6 is 11.6 Å². The van der Waals surface area contributed by atoms with E-state index in [2.05, 4.69) is 10.3 Å². The highest BCUT2D eigenvalue weighted by atomic mass is 35.5. The van der Waals surface area contributed by atoms with Crippen LogP contribution in [0.5, 0.6) is 5.88 Å². The van der Waals surface area contributed by atoms with Gasteiger partial charge in [0.05, 0.1) is 23.9 Å². The fraction of sp³-hybridized carbons (Fsp3) is 0.478. The number of aromatic nitrogens is 1. The van der Waals surface area contributed by atoms with Crippen molar-refractivity contribution in [2.45, 2.75) is 51.4 Å². The van der Waals surface area contributed by atoms with Gasteiger partial charge in [0, 0.05) is 17.2 Å². The zero-order chi connectivity index (χ0) is 20.7. The van der Waals surface area contributed by atoms with Crippen LogP contribution in [0.25, 0.3) is 0 Å². The highest BCUT2D eigenvalue weighted by molar-refractivity contribution is 6.30. The van der Waals surface area contributed by atoms with Gasteiger partial charge < -0.3 is 14.8 Å². The fourth-order valence-corrected chi connectivity index (χ4v) is 4.07. The van der Waals surface area contributed by atoms with Crippen LogP contribution in [-0.4, -0.2) is 30.7 Å². The molecule has 156 valence electrons. The Labute approximate surface area is 177 Å². The van der Waals surface area contributed by atoms with Gasteiger partial charge in [-0.2, -0.15) is 0 Å². The quantitative estimate of drug-likeness (QED) is 0.593. The van der Waals surface area contributed by atoms with Crippen LogP contribution in [0.4, 0.5) is 5.69 Å². The SMILES string of the molecule is CCOCCOc1ncc(NC(=O)C2(c3ccc(Cl)cc3)CCCCC2)cc1C. The average molecular weight is 417 g/mol. The van der Waals surface area contributed by atoms with Crippen molar-refractivity contribution in [2.75, 3.05) is 25.1 Å². The van der Waals surface area contributed by atoms with Gasteiger partial charge >= 0.3 is 0 Å². The molecule has 1 aromatic heterocycles. The highest BCUT2D eigenvalue weighted by Crippen LogP contribution is 2.41. The lowest BCUT2D eigenvalue weighted by Crippen LogP contribution is -2.42. The Morgan fingerprint density at radius 1 is 1.17 bits per heavy atom. The summed E-state index contributed by atoms with van der Waals surface area (Å²) < 4.78 is 10.9. The van der Waals surface area contributed by atoms with Gasteiger partial charge in [-0.3, -0.25) is 4.79 Å². The third-order valence-electron chi connectivity index (χ3n) is 5.50. The Morgan fingerprint density at radius 2 is 1.90 bits per heavy atom. The highest BCUT2D eigenvalue weighted by Gasteiger charge is 2.41. The van der Waals surface area contributed by atoms with Gasteiger partial charge in [-0.05, 0) is 50.5 Å². The lowest BCUT2D eigenvalue weighted by Gasteiger charge is -2.36. The number of pyridine rings is 1. The number of anilines is 1. The second kappa shape index (κ2) is 10.1. The van der Waals surface area contributed by atoms with E-state index in [1.54, 1.807) is 6.20 Å². The zero-order valence-electron chi connectivity index (χ0n) is 17.2. The molecule has 6 heteroatoms. The standard InChI is InChI=1S/C23H29ClN2O3/c1-3-28-13-14-29-21-17(2)15-20(16-25-21)26-22(27)23(11-5-4-6-12-23)18-7-9-19(24)10-8-18/h7-10,15-16H,3-6,11-14H2,1-2H3,(H,26,27). The van der Waals surface area contributed by atoms with E-state index < -0.39 is 5.41 Å². The minimum atomic E-state index is -0.524. The minimum absolute atomic E-state index is 0.0192. The number of hydrogen-bond donors (Lipinski definition) is 1. The summed E-state index contributed by atoms with van der Waals surface area (Å²) >= 11 is 6.06. The first kappa shape index (κ1) is 21.6. The summed E-state index contributed by atoms with van der Waals surface area (Å²) in [6.07, 6.45) is 6.58. The van der Waals surface area contributed by atoms with Gasteiger partial charge in [0.15, 0.2) is 0 Å². The van der Waals surface area contributed by atoms with E-state index in [4.69, 9.17) is 21.1 Å². The summed E-state index contributed by atoms with van der Waals surface area (Å²) in [5, 5.41) is 3.78. The first-order chi connectivity index (χ1) is 14.0. The predicted molar refractivity (Wildman–Crippen MR) is 116 cm³/mol. The minimum Gasteiger partial charge on any atom is -0.475 e. The van der Waals surface area contributed by atoms with E-state index in [1.165, 1.54) is 0 Å². The molecular formula is C23H29ClN2O3. The molecule has 5 nitrogen and oxygen atoms in total. The molecular weight excluding hydrogens is 388 g/mol. The van der Waals surface area contributed by atoms with Gasteiger partial charge in [-0.1, -0.05) is 43.0 Å². The maximum atomic E-state index is 13.4.